The third-order valence-corrected chi connectivity index (χ3v) is 10.8. The van der Waals surface area contributed by atoms with Crippen molar-refractivity contribution in [2.24, 2.45) is 16.7 Å². The SMILES string of the molecule is [C-]#[N+]c1ccc(OC2C(C)(C)C(N3Cc4nc(N5CCC(CN6CCN(C(=O)OC(C)(C)C)CC6)CC5)cnc4C3=O)C2(C)C)cc1Cl. The Morgan fingerprint density at radius 1 is 1.06 bits per heavy atom. The highest BCUT2D eigenvalue weighted by Gasteiger charge is 2.67. The highest BCUT2D eigenvalue weighted by Crippen LogP contribution is 2.59. The molecule has 0 radical (unpaired) electrons. The second kappa shape index (κ2) is 12.7. The molecule has 0 atom stereocenters. The molecule has 1 saturated carbocycles. The summed E-state index contributed by atoms with van der Waals surface area (Å²) in [5.41, 5.74) is 0.398. The number of hydrogen-bond acceptors (Lipinski definition) is 8. The smallest absolute Gasteiger partial charge is 0.410 e. The molecule has 4 heterocycles. The Hall–Kier alpha value is -3.62. The zero-order valence-corrected chi connectivity index (χ0v) is 30.0. The molecule has 0 unspecified atom stereocenters. The highest BCUT2D eigenvalue weighted by molar-refractivity contribution is 6.33. The van der Waals surface area contributed by atoms with Gasteiger partial charge in [0.25, 0.3) is 5.91 Å². The molecule has 11 nitrogen and oxygen atoms in total. The van der Waals surface area contributed by atoms with Crippen LogP contribution in [0.4, 0.5) is 16.3 Å². The van der Waals surface area contributed by atoms with Crippen LogP contribution in [0.25, 0.3) is 4.85 Å². The predicted molar refractivity (Wildman–Crippen MR) is 185 cm³/mol. The van der Waals surface area contributed by atoms with Crippen LogP contribution in [0.3, 0.4) is 0 Å². The van der Waals surface area contributed by atoms with Gasteiger partial charge in [-0.3, -0.25) is 9.69 Å². The number of halogens is 1. The molecule has 4 aliphatic rings. The number of hydrogen-bond donors (Lipinski definition) is 0. The topological polar surface area (TPSA) is 95.7 Å². The van der Waals surface area contributed by atoms with Crippen LogP contribution < -0.4 is 9.64 Å². The lowest BCUT2D eigenvalue weighted by molar-refractivity contribution is -0.199. The van der Waals surface area contributed by atoms with Gasteiger partial charge < -0.3 is 24.2 Å². The summed E-state index contributed by atoms with van der Waals surface area (Å²) in [4.78, 5) is 47.7. The number of carbonyl (C=O) groups is 2. The monoisotopic (exact) mass is 677 g/mol. The molecule has 6 rings (SSSR count). The minimum absolute atomic E-state index is 0.0800. The number of fused-ring (bicyclic) bond motifs is 1. The predicted octanol–water partition coefficient (Wildman–Crippen LogP) is 6.29. The first-order valence-electron chi connectivity index (χ1n) is 17.0. The largest absolute Gasteiger partial charge is 0.489 e. The van der Waals surface area contributed by atoms with Gasteiger partial charge in [0.15, 0.2) is 5.69 Å². The summed E-state index contributed by atoms with van der Waals surface area (Å²) in [6, 6.07) is 5.07. The molecule has 3 aliphatic heterocycles. The molecule has 3 fully saturated rings. The average molecular weight is 678 g/mol. The van der Waals surface area contributed by atoms with Crippen LogP contribution in [0.2, 0.25) is 5.02 Å². The van der Waals surface area contributed by atoms with Crippen molar-refractivity contribution >= 4 is 35.1 Å². The Bertz CT molecular complexity index is 1580. The molecule has 0 N–H and O–H groups in total. The van der Waals surface area contributed by atoms with E-state index in [1.165, 1.54) is 0 Å². The van der Waals surface area contributed by atoms with Crippen molar-refractivity contribution in [3.05, 3.63) is 52.2 Å². The van der Waals surface area contributed by atoms with Gasteiger partial charge in [0, 0.05) is 62.7 Å². The number of anilines is 1. The third-order valence-electron chi connectivity index (χ3n) is 10.5. The van der Waals surface area contributed by atoms with E-state index in [2.05, 4.69) is 47.3 Å². The van der Waals surface area contributed by atoms with E-state index in [1.807, 2.05) is 30.6 Å². The van der Waals surface area contributed by atoms with E-state index in [0.29, 0.717) is 47.7 Å². The van der Waals surface area contributed by atoms with Crippen molar-refractivity contribution < 1.29 is 19.1 Å². The summed E-state index contributed by atoms with van der Waals surface area (Å²) in [6.07, 6.45) is 3.49. The van der Waals surface area contributed by atoms with Crippen LogP contribution in [-0.2, 0) is 11.3 Å². The van der Waals surface area contributed by atoms with Crippen molar-refractivity contribution in [1.82, 2.24) is 24.7 Å². The lowest BCUT2D eigenvalue weighted by Gasteiger charge is -2.65. The standard InChI is InChI=1S/C36H48ClN7O4/c1-34(2,3)48-33(46)43-17-15-41(16-18-43)21-23-11-13-42(14-12-23)28-20-39-29-27(40-28)22-44(30(29)45)31-35(4,5)32(36(31,6)7)47-24-9-10-26(38-8)25(37)19-24/h9-10,19-20,23,31-32H,11-18,21-22H2,1-7H3. The maximum Gasteiger partial charge on any atom is 0.410 e. The molecule has 1 aromatic carbocycles. The van der Waals surface area contributed by atoms with Gasteiger partial charge in [-0.25, -0.2) is 19.6 Å². The van der Waals surface area contributed by atoms with Crippen LogP contribution in [0.5, 0.6) is 5.75 Å². The highest BCUT2D eigenvalue weighted by atomic mass is 35.5. The van der Waals surface area contributed by atoms with Gasteiger partial charge in [0.05, 0.1) is 30.0 Å². The zero-order valence-electron chi connectivity index (χ0n) is 29.3. The molecule has 12 heteroatoms. The minimum Gasteiger partial charge on any atom is -0.489 e. The summed E-state index contributed by atoms with van der Waals surface area (Å²) in [6.45, 7) is 27.9. The Kier molecular flexibility index (Phi) is 9.05. The summed E-state index contributed by atoms with van der Waals surface area (Å²) < 4.78 is 12.0. The molecule has 0 bridgehead atoms. The van der Waals surface area contributed by atoms with Crippen LogP contribution in [0, 0.1) is 23.3 Å². The maximum absolute atomic E-state index is 13.7. The normalized spacial score (nSPS) is 24.1. The summed E-state index contributed by atoms with van der Waals surface area (Å²) >= 11 is 6.28. The van der Waals surface area contributed by atoms with E-state index in [1.54, 1.807) is 24.4 Å². The van der Waals surface area contributed by atoms with Crippen LogP contribution in [0.1, 0.15) is 77.5 Å². The number of carbonyl (C=O) groups excluding carboxylic acids is 2. The average Bonchev–Trinajstić information content (AvgIpc) is 3.33. The van der Waals surface area contributed by atoms with Gasteiger partial charge >= 0.3 is 6.09 Å². The number of benzene rings is 1. The summed E-state index contributed by atoms with van der Waals surface area (Å²) in [7, 11) is 0. The van der Waals surface area contributed by atoms with Gasteiger partial charge in [-0.15, -0.1) is 0 Å². The summed E-state index contributed by atoms with van der Waals surface area (Å²) in [5.74, 6) is 1.96. The number of aromatic nitrogens is 2. The zero-order chi connectivity index (χ0) is 34.6. The first kappa shape index (κ1) is 34.3. The number of rotatable bonds is 6. The summed E-state index contributed by atoms with van der Waals surface area (Å²) in [5, 5.41) is 0.367. The van der Waals surface area contributed by atoms with Gasteiger partial charge in [-0.05, 0) is 51.7 Å². The number of piperidine rings is 1. The Morgan fingerprint density at radius 3 is 2.33 bits per heavy atom. The lowest BCUT2D eigenvalue weighted by atomic mass is 9.49. The van der Waals surface area contributed by atoms with Crippen molar-refractivity contribution in [3.63, 3.8) is 0 Å². The first-order chi connectivity index (χ1) is 22.6. The second-order valence-corrected chi connectivity index (χ2v) is 16.3. The van der Waals surface area contributed by atoms with E-state index in [-0.39, 0.29) is 35.0 Å². The molecule has 0 spiro atoms. The minimum atomic E-state index is -0.477. The molecular formula is C36H48ClN7O4. The van der Waals surface area contributed by atoms with Crippen molar-refractivity contribution in [1.29, 1.82) is 0 Å². The molecule has 2 saturated heterocycles. The molecule has 48 heavy (non-hydrogen) atoms. The number of nitrogens with zero attached hydrogens (tertiary/aromatic N) is 7. The molecule has 1 aliphatic carbocycles. The van der Waals surface area contributed by atoms with Crippen LogP contribution in [-0.4, -0.2) is 100 Å². The Balaban J connectivity index is 1.03. The molecular weight excluding hydrogens is 630 g/mol. The quantitative estimate of drug-likeness (QED) is 0.330. The van der Waals surface area contributed by atoms with Gasteiger partial charge in [-0.1, -0.05) is 45.4 Å². The fraction of sp³-hybridized carbons (Fsp3) is 0.639. The molecule has 258 valence electrons. The fourth-order valence-electron chi connectivity index (χ4n) is 8.59. The van der Waals surface area contributed by atoms with Gasteiger partial charge in [0.2, 0.25) is 5.69 Å². The van der Waals surface area contributed by atoms with Gasteiger partial charge in [-0.2, -0.15) is 0 Å². The Morgan fingerprint density at radius 2 is 1.73 bits per heavy atom. The number of ether oxygens (including phenoxy) is 2. The van der Waals surface area contributed by atoms with E-state index in [0.717, 1.165) is 57.1 Å². The molecule has 1 aromatic heterocycles. The van der Waals surface area contributed by atoms with Crippen molar-refractivity contribution in [2.75, 3.05) is 50.7 Å². The molecule has 2 amide bonds. The number of piperazine rings is 1. The maximum atomic E-state index is 13.7. The third kappa shape index (κ3) is 6.53. The first-order valence-corrected chi connectivity index (χ1v) is 17.4. The van der Waals surface area contributed by atoms with Crippen LogP contribution >= 0.6 is 11.6 Å². The fourth-order valence-corrected chi connectivity index (χ4v) is 8.80. The number of amides is 2. The van der Waals surface area contributed by atoms with Crippen molar-refractivity contribution in [2.45, 2.75) is 85.6 Å². The van der Waals surface area contributed by atoms with Crippen LogP contribution in [0.15, 0.2) is 24.4 Å². The van der Waals surface area contributed by atoms with Gasteiger partial charge in [0.1, 0.15) is 23.3 Å². The second-order valence-electron chi connectivity index (χ2n) is 15.9. The Labute approximate surface area is 289 Å². The molecule has 2 aromatic rings. The van der Waals surface area contributed by atoms with E-state index < -0.39 is 5.60 Å². The van der Waals surface area contributed by atoms with E-state index >= 15 is 0 Å². The van der Waals surface area contributed by atoms with E-state index in [9.17, 15) is 9.59 Å². The lowest BCUT2D eigenvalue weighted by Crippen LogP contribution is -2.74. The van der Waals surface area contributed by atoms with E-state index in [4.69, 9.17) is 32.6 Å². The van der Waals surface area contributed by atoms with Crippen molar-refractivity contribution in [3.8, 4) is 5.75 Å².